The summed E-state index contributed by atoms with van der Waals surface area (Å²) in [7, 11) is 1.93. The van der Waals surface area contributed by atoms with Crippen LogP contribution in [0.4, 0.5) is 0 Å². The van der Waals surface area contributed by atoms with Crippen molar-refractivity contribution in [2.75, 3.05) is 20.1 Å². The minimum atomic E-state index is 0.392. The molecule has 0 radical (unpaired) electrons. The molecule has 1 unspecified atom stereocenters. The molecule has 0 aromatic rings. The van der Waals surface area contributed by atoms with Gasteiger partial charge in [0.2, 0.25) is 0 Å². The van der Waals surface area contributed by atoms with Crippen LogP contribution in [0.1, 0.15) is 13.3 Å². The van der Waals surface area contributed by atoms with Crippen LogP contribution in [0.5, 0.6) is 0 Å². The molecular formula is C8H16N2. The van der Waals surface area contributed by atoms with E-state index in [9.17, 15) is 0 Å². The summed E-state index contributed by atoms with van der Waals surface area (Å²) in [5.41, 5.74) is 0.392. The Bertz CT molecular complexity index is 123. The van der Waals surface area contributed by atoms with Crippen LogP contribution >= 0.6 is 0 Å². The number of hydrogen-bond donors (Lipinski definition) is 2. The standard InChI is InChI=1S/C8H16N2/c1-8(3-5-9-2)4-6-10-7-8/h3,5,9-10H,4,6-7H2,1-2H3/b5-3-. The van der Waals surface area contributed by atoms with Gasteiger partial charge in [-0.05, 0) is 19.2 Å². The van der Waals surface area contributed by atoms with Gasteiger partial charge in [0, 0.05) is 19.0 Å². The molecule has 10 heavy (non-hydrogen) atoms. The second-order valence-electron chi connectivity index (χ2n) is 3.20. The zero-order valence-corrected chi connectivity index (χ0v) is 6.78. The fourth-order valence-corrected chi connectivity index (χ4v) is 1.26. The van der Waals surface area contributed by atoms with Crippen LogP contribution in [-0.4, -0.2) is 20.1 Å². The summed E-state index contributed by atoms with van der Waals surface area (Å²) >= 11 is 0. The van der Waals surface area contributed by atoms with Gasteiger partial charge >= 0.3 is 0 Å². The highest BCUT2D eigenvalue weighted by molar-refractivity contribution is 5.00. The molecule has 1 atom stereocenters. The Kier molecular flexibility index (Phi) is 2.33. The molecule has 0 spiro atoms. The van der Waals surface area contributed by atoms with Gasteiger partial charge in [0.25, 0.3) is 0 Å². The van der Waals surface area contributed by atoms with E-state index in [-0.39, 0.29) is 0 Å². The van der Waals surface area contributed by atoms with Crippen LogP contribution in [0.25, 0.3) is 0 Å². The minimum Gasteiger partial charge on any atom is -0.394 e. The molecule has 1 saturated heterocycles. The Labute approximate surface area is 62.7 Å². The third-order valence-corrected chi connectivity index (χ3v) is 2.05. The molecule has 0 aromatic heterocycles. The van der Waals surface area contributed by atoms with E-state index in [0.717, 1.165) is 13.1 Å². The first kappa shape index (κ1) is 7.61. The van der Waals surface area contributed by atoms with Crippen molar-refractivity contribution in [3.63, 3.8) is 0 Å². The van der Waals surface area contributed by atoms with E-state index in [2.05, 4.69) is 23.6 Å². The molecule has 58 valence electrons. The van der Waals surface area contributed by atoms with Crippen molar-refractivity contribution in [2.24, 2.45) is 5.41 Å². The maximum atomic E-state index is 3.34. The van der Waals surface area contributed by atoms with Crippen molar-refractivity contribution < 1.29 is 0 Å². The molecule has 2 nitrogen and oxygen atoms in total. The lowest BCUT2D eigenvalue weighted by atomic mass is 9.90. The third-order valence-electron chi connectivity index (χ3n) is 2.05. The van der Waals surface area contributed by atoms with Crippen molar-refractivity contribution in [1.82, 2.24) is 10.6 Å². The summed E-state index contributed by atoms with van der Waals surface area (Å²) in [5.74, 6) is 0. The summed E-state index contributed by atoms with van der Waals surface area (Å²) in [4.78, 5) is 0. The maximum absolute atomic E-state index is 3.34. The Morgan fingerprint density at radius 2 is 2.40 bits per heavy atom. The van der Waals surface area contributed by atoms with Gasteiger partial charge < -0.3 is 10.6 Å². The highest BCUT2D eigenvalue weighted by Gasteiger charge is 2.24. The second-order valence-corrected chi connectivity index (χ2v) is 3.20. The Morgan fingerprint density at radius 3 is 2.90 bits per heavy atom. The lowest BCUT2D eigenvalue weighted by molar-refractivity contribution is 0.478. The molecular weight excluding hydrogens is 124 g/mol. The Morgan fingerprint density at radius 1 is 1.60 bits per heavy atom. The monoisotopic (exact) mass is 140 g/mol. The SMILES string of the molecule is CN/C=C\C1(C)CCNC1. The molecule has 1 aliphatic heterocycles. The van der Waals surface area contributed by atoms with Crippen LogP contribution in [0.15, 0.2) is 12.3 Å². The zero-order chi connectivity index (χ0) is 7.45. The molecule has 0 saturated carbocycles. The van der Waals surface area contributed by atoms with Crippen molar-refractivity contribution in [3.05, 3.63) is 12.3 Å². The molecule has 0 amide bonds. The topological polar surface area (TPSA) is 24.1 Å². The van der Waals surface area contributed by atoms with E-state index in [1.165, 1.54) is 6.42 Å². The molecule has 1 heterocycles. The lowest BCUT2D eigenvalue weighted by Gasteiger charge is -2.16. The summed E-state index contributed by atoms with van der Waals surface area (Å²) in [6.07, 6.45) is 5.52. The van der Waals surface area contributed by atoms with Crippen molar-refractivity contribution in [3.8, 4) is 0 Å². The van der Waals surface area contributed by atoms with Gasteiger partial charge in [-0.3, -0.25) is 0 Å². The number of rotatable bonds is 2. The molecule has 1 fully saturated rings. The average Bonchev–Trinajstić information content (AvgIpc) is 2.33. The van der Waals surface area contributed by atoms with Gasteiger partial charge in [0.05, 0.1) is 0 Å². The zero-order valence-electron chi connectivity index (χ0n) is 6.78. The van der Waals surface area contributed by atoms with E-state index in [0.29, 0.717) is 5.41 Å². The summed E-state index contributed by atoms with van der Waals surface area (Å²) in [6, 6.07) is 0. The van der Waals surface area contributed by atoms with Gasteiger partial charge in [-0.1, -0.05) is 13.0 Å². The number of hydrogen-bond acceptors (Lipinski definition) is 2. The van der Waals surface area contributed by atoms with Crippen LogP contribution in [-0.2, 0) is 0 Å². The highest BCUT2D eigenvalue weighted by Crippen LogP contribution is 2.25. The van der Waals surface area contributed by atoms with E-state index >= 15 is 0 Å². The van der Waals surface area contributed by atoms with E-state index < -0.39 is 0 Å². The van der Waals surface area contributed by atoms with Crippen LogP contribution in [0.2, 0.25) is 0 Å². The Hall–Kier alpha value is -0.500. The molecule has 2 heteroatoms. The third kappa shape index (κ3) is 1.74. The van der Waals surface area contributed by atoms with Crippen LogP contribution in [0, 0.1) is 5.41 Å². The molecule has 1 rings (SSSR count). The normalized spacial score (nSPS) is 33.4. The lowest BCUT2D eigenvalue weighted by Crippen LogP contribution is -2.17. The van der Waals surface area contributed by atoms with E-state index in [4.69, 9.17) is 0 Å². The summed E-state index contributed by atoms with van der Waals surface area (Å²) < 4.78 is 0. The summed E-state index contributed by atoms with van der Waals surface area (Å²) in [5, 5.41) is 6.35. The average molecular weight is 140 g/mol. The summed E-state index contributed by atoms with van der Waals surface area (Å²) in [6.45, 7) is 4.55. The van der Waals surface area contributed by atoms with Gasteiger partial charge in [-0.15, -0.1) is 0 Å². The molecule has 0 bridgehead atoms. The first-order chi connectivity index (χ1) is 4.77. The predicted octanol–water partition coefficient (Wildman–Crippen LogP) is 0.719. The molecule has 2 N–H and O–H groups in total. The van der Waals surface area contributed by atoms with Crippen molar-refractivity contribution in [1.29, 1.82) is 0 Å². The maximum Gasteiger partial charge on any atom is 0.00410 e. The first-order valence-corrected chi connectivity index (χ1v) is 3.82. The van der Waals surface area contributed by atoms with E-state index in [1.807, 2.05) is 13.2 Å². The second kappa shape index (κ2) is 3.06. The fourth-order valence-electron chi connectivity index (χ4n) is 1.26. The van der Waals surface area contributed by atoms with Crippen LogP contribution in [0.3, 0.4) is 0 Å². The quantitative estimate of drug-likeness (QED) is 0.590. The first-order valence-electron chi connectivity index (χ1n) is 3.82. The van der Waals surface area contributed by atoms with Gasteiger partial charge in [0.1, 0.15) is 0 Å². The predicted molar refractivity (Wildman–Crippen MR) is 43.8 cm³/mol. The Balaban J connectivity index is 2.43. The number of nitrogens with one attached hydrogen (secondary N) is 2. The smallest absolute Gasteiger partial charge is 0.00410 e. The van der Waals surface area contributed by atoms with Crippen LogP contribution < -0.4 is 10.6 Å². The minimum absolute atomic E-state index is 0.392. The molecule has 1 aliphatic rings. The van der Waals surface area contributed by atoms with Gasteiger partial charge in [0.15, 0.2) is 0 Å². The fraction of sp³-hybridized carbons (Fsp3) is 0.750. The van der Waals surface area contributed by atoms with Gasteiger partial charge in [-0.2, -0.15) is 0 Å². The largest absolute Gasteiger partial charge is 0.394 e. The van der Waals surface area contributed by atoms with Crippen molar-refractivity contribution in [2.45, 2.75) is 13.3 Å². The van der Waals surface area contributed by atoms with Crippen molar-refractivity contribution >= 4 is 0 Å². The molecule has 0 aliphatic carbocycles. The van der Waals surface area contributed by atoms with E-state index in [1.54, 1.807) is 0 Å². The van der Waals surface area contributed by atoms with Gasteiger partial charge in [-0.25, -0.2) is 0 Å². The molecule has 0 aromatic carbocycles. The highest BCUT2D eigenvalue weighted by atomic mass is 14.9.